The topological polar surface area (TPSA) is 57.7 Å². The zero-order chi connectivity index (χ0) is 21.0. The predicted octanol–water partition coefficient (Wildman–Crippen LogP) is 4.47. The van der Waals surface area contributed by atoms with Gasteiger partial charge in [-0.3, -0.25) is 14.4 Å². The number of hydrazine groups is 1. The highest BCUT2D eigenvalue weighted by atomic mass is 79.9. The van der Waals surface area contributed by atoms with E-state index in [0.717, 1.165) is 21.5 Å². The minimum atomic E-state index is -0.467. The summed E-state index contributed by atoms with van der Waals surface area (Å²) < 4.78 is 0.903. The van der Waals surface area contributed by atoms with Crippen LogP contribution in [0.2, 0.25) is 5.02 Å². The molecule has 2 fully saturated rings. The third-order valence-corrected chi connectivity index (χ3v) is 7.13. The molecule has 2 bridgehead atoms. The molecule has 4 atom stereocenters. The summed E-state index contributed by atoms with van der Waals surface area (Å²) in [4.78, 5) is 40.1. The van der Waals surface area contributed by atoms with Gasteiger partial charge in [-0.1, -0.05) is 63.9 Å². The van der Waals surface area contributed by atoms with Crippen molar-refractivity contribution < 1.29 is 14.4 Å². The molecule has 2 aliphatic carbocycles. The van der Waals surface area contributed by atoms with Gasteiger partial charge in [-0.2, -0.15) is 5.01 Å². The van der Waals surface area contributed by atoms with Crippen LogP contribution in [0.4, 0.5) is 0 Å². The SMILES string of the molecule is O=C(c1ccccc1Cl)N(Cc1ccc(Br)cc1)N1C(=O)[C@H]2[C@H](C1=O)[C@H]1C=C[C@H]2C1. The number of halogens is 2. The highest BCUT2D eigenvalue weighted by Gasteiger charge is 2.61. The number of benzene rings is 2. The summed E-state index contributed by atoms with van der Waals surface area (Å²) in [6.45, 7) is 0.0943. The summed E-state index contributed by atoms with van der Waals surface area (Å²) in [5, 5.41) is 2.62. The van der Waals surface area contributed by atoms with E-state index in [1.54, 1.807) is 24.3 Å². The smallest absolute Gasteiger partial charge is 0.272 e. The number of fused-ring (bicyclic) bond motifs is 5. The third-order valence-electron chi connectivity index (χ3n) is 6.27. The van der Waals surface area contributed by atoms with Crippen LogP contribution in [0.1, 0.15) is 22.3 Å². The first-order valence-electron chi connectivity index (χ1n) is 9.82. The Hall–Kier alpha value is -2.44. The van der Waals surface area contributed by atoms with E-state index in [0.29, 0.717) is 0 Å². The Morgan fingerprint density at radius 3 is 2.20 bits per heavy atom. The van der Waals surface area contributed by atoms with Crippen LogP contribution in [0.5, 0.6) is 0 Å². The second kappa shape index (κ2) is 7.36. The van der Waals surface area contributed by atoms with Crippen LogP contribution in [-0.2, 0) is 16.1 Å². The third kappa shape index (κ3) is 3.01. The molecule has 2 aromatic rings. The van der Waals surface area contributed by atoms with E-state index in [1.165, 1.54) is 5.01 Å². The van der Waals surface area contributed by atoms with Crippen molar-refractivity contribution in [1.82, 2.24) is 10.0 Å². The molecular formula is C23H18BrClN2O3. The first kappa shape index (κ1) is 19.5. The summed E-state index contributed by atoms with van der Waals surface area (Å²) in [5.74, 6) is -1.65. The number of allylic oxidation sites excluding steroid dienone is 2. The van der Waals surface area contributed by atoms with Crippen LogP contribution in [0.25, 0.3) is 0 Å². The normalized spacial score (nSPS) is 26.4. The van der Waals surface area contributed by atoms with Crippen LogP contribution >= 0.6 is 27.5 Å². The monoisotopic (exact) mass is 484 g/mol. The molecule has 5 nitrogen and oxygen atoms in total. The van der Waals surface area contributed by atoms with Gasteiger partial charge in [-0.15, -0.1) is 0 Å². The molecule has 1 heterocycles. The molecule has 0 aromatic heterocycles. The van der Waals surface area contributed by atoms with E-state index in [-0.39, 0.29) is 52.6 Å². The van der Waals surface area contributed by atoms with Crippen molar-refractivity contribution in [2.24, 2.45) is 23.7 Å². The van der Waals surface area contributed by atoms with E-state index in [2.05, 4.69) is 15.9 Å². The number of amides is 3. The van der Waals surface area contributed by atoms with E-state index < -0.39 is 5.91 Å². The Kier molecular flexibility index (Phi) is 4.79. The zero-order valence-electron chi connectivity index (χ0n) is 15.9. The van der Waals surface area contributed by atoms with Gasteiger partial charge in [-0.05, 0) is 48.1 Å². The molecule has 1 saturated carbocycles. The van der Waals surface area contributed by atoms with Gasteiger partial charge in [0.15, 0.2) is 0 Å². The van der Waals surface area contributed by atoms with E-state index in [4.69, 9.17) is 11.6 Å². The fraction of sp³-hybridized carbons (Fsp3) is 0.261. The fourth-order valence-electron chi connectivity index (χ4n) is 4.89. The minimum Gasteiger partial charge on any atom is -0.272 e. The van der Waals surface area contributed by atoms with Crippen molar-refractivity contribution in [3.8, 4) is 0 Å². The molecule has 0 spiro atoms. The first-order valence-corrected chi connectivity index (χ1v) is 11.0. The molecule has 3 amide bonds. The summed E-state index contributed by atoms with van der Waals surface area (Å²) in [5.41, 5.74) is 1.06. The number of rotatable bonds is 4. The number of carbonyl (C=O) groups is 3. The van der Waals surface area contributed by atoms with E-state index in [1.807, 2.05) is 36.4 Å². The number of nitrogens with zero attached hydrogens (tertiary/aromatic N) is 2. The van der Waals surface area contributed by atoms with E-state index in [9.17, 15) is 14.4 Å². The fourth-order valence-corrected chi connectivity index (χ4v) is 5.38. The van der Waals surface area contributed by atoms with Gasteiger partial charge < -0.3 is 0 Å². The first-order chi connectivity index (χ1) is 14.5. The average Bonchev–Trinajstić information content (AvgIpc) is 3.42. The van der Waals surface area contributed by atoms with Crippen molar-refractivity contribution in [3.05, 3.63) is 81.3 Å². The lowest BCUT2D eigenvalue weighted by atomic mass is 9.85. The Morgan fingerprint density at radius 2 is 1.60 bits per heavy atom. The van der Waals surface area contributed by atoms with Crippen LogP contribution in [0, 0.1) is 23.7 Å². The number of hydrogen-bond acceptors (Lipinski definition) is 3. The Labute approximate surface area is 187 Å². The van der Waals surface area contributed by atoms with Crippen LogP contribution in [0.15, 0.2) is 65.2 Å². The number of imide groups is 1. The highest BCUT2D eigenvalue weighted by molar-refractivity contribution is 9.10. The summed E-state index contributed by atoms with van der Waals surface area (Å²) in [6, 6.07) is 14.1. The van der Waals surface area contributed by atoms with Crippen molar-refractivity contribution in [2.45, 2.75) is 13.0 Å². The van der Waals surface area contributed by atoms with Crippen LogP contribution < -0.4 is 0 Å². The molecule has 2 aromatic carbocycles. The number of carbonyl (C=O) groups excluding carboxylic acids is 3. The maximum absolute atomic E-state index is 13.5. The molecule has 30 heavy (non-hydrogen) atoms. The molecule has 152 valence electrons. The largest absolute Gasteiger partial charge is 0.274 e. The second-order valence-electron chi connectivity index (χ2n) is 7.96. The standard InChI is InChI=1S/C23H18BrClN2O3/c24-16-9-5-13(6-10-16)12-26(21(28)17-3-1-2-4-18(17)25)27-22(29)19-14-7-8-15(11-14)20(19)23(27)30/h1-10,14-15,19-20H,11-12H2/t14-,15-,19+,20+/m0/s1. The molecule has 0 radical (unpaired) electrons. The Morgan fingerprint density at radius 1 is 1.00 bits per heavy atom. The number of hydrogen-bond donors (Lipinski definition) is 0. The van der Waals surface area contributed by atoms with Crippen molar-refractivity contribution in [1.29, 1.82) is 0 Å². The summed E-state index contributed by atoms with van der Waals surface area (Å²) >= 11 is 9.67. The van der Waals surface area contributed by atoms with Gasteiger partial charge in [0.2, 0.25) is 0 Å². The zero-order valence-corrected chi connectivity index (χ0v) is 18.2. The van der Waals surface area contributed by atoms with Crippen LogP contribution in [0.3, 0.4) is 0 Å². The lowest BCUT2D eigenvalue weighted by Gasteiger charge is -2.31. The second-order valence-corrected chi connectivity index (χ2v) is 9.28. The molecule has 0 N–H and O–H groups in total. The molecular weight excluding hydrogens is 468 g/mol. The van der Waals surface area contributed by atoms with Gasteiger partial charge in [0, 0.05) is 4.47 Å². The highest BCUT2D eigenvalue weighted by Crippen LogP contribution is 2.53. The Balaban J connectivity index is 1.53. The quantitative estimate of drug-likeness (QED) is 0.474. The van der Waals surface area contributed by atoms with Gasteiger partial charge >= 0.3 is 0 Å². The van der Waals surface area contributed by atoms with E-state index >= 15 is 0 Å². The van der Waals surface area contributed by atoms with Crippen LogP contribution in [-0.4, -0.2) is 27.7 Å². The van der Waals surface area contributed by atoms with Crippen molar-refractivity contribution in [3.63, 3.8) is 0 Å². The van der Waals surface area contributed by atoms with Gasteiger partial charge in [0.1, 0.15) is 0 Å². The molecule has 0 unspecified atom stereocenters. The molecule has 1 saturated heterocycles. The molecule has 3 aliphatic rings. The maximum Gasteiger partial charge on any atom is 0.274 e. The summed E-state index contributed by atoms with van der Waals surface area (Å²) in [7, 11) is 0. The Bertz CT molecular complexity index is 1050. The predicted molar refractivity (Wildman–Crippen MR) is 115 cm³/mol. The van der Waals surface area contributed by atoms with Crippen molar-refractivity contribution >= 4 is 45.3 Å². The lowest BCUT2D eigenvalue weighted by molar-refractivity contribution is -0.156. The van der Waals surface area contributed by atoms with Gasteiger partial charge in [0.25, 0.3) is 17.7 Å². The molecule has 5 rings (SSSR count). The molecule has 1 aliphatic heterocycles. The molecule has 7 heteroatoms. The van der Waals surface area contributed by atoms with Gasteiger partial charge in [0.05, 0.1) is 29.0 Å². The van der Waals surface area contributed by atoms with Gasteiger partial charge in [-0.25, -0.2) is 5.01 Å². The average molecular weight is 486 g/mol. The van der Waals surface area contributed by atoms with Crippen molar-refractivity contribution in [2.75, 3.05) is 0 Å². The summed E-state index contributed by atoms with van der Waals surface area (Å²) in [6.07, 6.45) is 4.91. The lowest BCUT2D eigenvalue weighted by Crippen LogP contribution is -2.50. The minimum absolute atomic E-state index is 0.0754. The maximum atomic E-state index is 13.5.